The molecule has 0 fully saturated rings. The van der Waals surface area contributed by atoms with Crippen LogP contribution in [0.2, 0.25) is 0 Å². The average molecular weight is 180 g/mol. The first-order valence-electron chi connectivity index (χ1n) is 3.91. The molecule has 0 aliphatic heterocycles. The van der Waals surface area contributed by atoms with E-state index in [2.05, 4.69) is 0 Å². The summed E-state index contributed by atoms with van der Waals surface area (Å²) in [5, 5.41) is 0. The molecule has 4 heteroatoms. The third-order valence-electron chi connectivity index (χ3n) is 1.57. The molecule has 0 aliphatic rings. The highest BCUT2D eigenvalue weighted by molar-refractivity contribution is 5.78. The van der Waals surface area contributed by atoms with E-state index in [9.17, 15) is 4.79 Å². The Labute approximate surface area is 76.5 Å². The average Bonchev–Trinajstić information content (AvgIpc) is 2.04. The second kappa shape index (κ2) is 3.80. The third-order valence-corrected chi connectivity index (χ3v) is 1.57. The van der Waals surface area contributed by atoms with Gasteiger partial charge in [0.1, 0.15) is 5.75 Å². The maximum absolute atomic E-state index is 10.7. The molecule has 1 aromatic rings. The van der Waals surface area contributed by atoms with E-state index in [1.54, 1.807) is 31.2 Å². The minimum atomic E-state index is -0.637. The van der Waals surface area contributed by atoms with E-state index in [1.165, 1.54) is 0 Å². The Morgan fingerprint density at radius 3 is 2.77 bits per heavy atom. The number of ether oxygens (including phenoxy) is 1. The van der Waals surface area contributed by atoms with E-state index in [4.69, 9.17) is 16.2 Å². The second-order valence-electron chi connectivity index (χ2n) is 2.73. The Hall–Kier alpha value is -1.71. The van der Waals surface area contributed by atoms with E-state index in [-0.39, 0.29) is 0 Å². The largest absolute Gasteiger partial charge is 0.481 e. The number of rotatable bonds is 3. The predicted octanol–water partition coefficient (Wildman–Crippen LogP) is 0.521. The van der Waals surface area contributed by atoms with Crippen LogP contribution < -0.4 is 16.2 Å². The molecule has 0 aliphatic carbocycles. The van der Waals surface area contributed by atoms with Gasteiger partial charge in [0, 0.05) is 11.8 Å². The molecule has 0 heterocycles. The molecule has 4 N–H and O–H groups in total. The Morgan fingerprint density at radius 1 is 1.54 bits per heavy atom. The maximum atomic E-state index is 10.7. The van der Waals surface area contributed by atoms with Crippen molar-refractivity contribution in [3.05, 3.63) is 24.3 Å². The maximum Gasteiger partial charge on any atom is 0.258 e. The zero-order chi connectivity index (χ0) is 9.84. The second-order valence-corrected chi connectivity index (χ2v) is 2.73. The zero-order valence-electron chi connectivity index (χ0n) is 7.36. The fourth-order valence-corrected chi connectivity index (χ4v) is 0.850. The number of hydrogen-bond acceptors (Lipinski definition) is 3. The van der Waals surface area contributed by atoms with Crippen molar-refractivity contribution in [1.29, 1.82) is 0 Å². The van der Waals surface area contributed by atoms with Crippen LogP contribution in [0.4, 0.5) is 5.69 Å². The van der Waals surface area contributed by atoms with Gasteiger partial charge in [-0.3, -0.25) is 4.79 Å². The van der Waals surface area contributed by atoms with Crippen molar-refractivity contribution in [2.75, 3.05) is 5.73 Å². The zero-order valence-corrected chi connectivity index (χ0v) is 7.36. The van der Waals surface area contributed by atoms with E-state index >= 15 is 0 Å². The van der Waals surface area contributed by atoms with Crippen LogP contribution >= 0.6 is 0 Å². The Kier molecular flexibility index (Phi) is 2.74. The molecule has 1 amide bonds. The molecule has 0 saturated carbocycles. The van der Waals surface area contributed by atoms with E-state index in [0.29, 0.717) is 11.4 Å². The summed E-state index contributed by atoms with van der Waals surface area (Å²) in [6, 6.07) is 6.84. The van der Waals surface area contributed by atoms with Gasteiger partial charge in [0.05, 0.1) is 0 Å². The summed E-state index contributed by atoms with van der Waals surface area (Å²) in [6.45, 7) is 1.59. The van der Waals surface area contributed by atoms with Crippen molar-refractivity contribution < 1.29 is 9.53 Å². The van der Waals surface area contributed by atoms with Crippen LogP contribution in [0.25, 0.3) is 0 Å². The van der Waals surface area contributed by atoms with Gasteiger partial charge in [-0.25, -0.2) is 0 Å². The summed E-state index contributed by atoms with van der Waals surface area (Å²) < 4.78 is 5.20. The molecule has 70 valence electrons. The molecular weight excluding hydrogens is 168 g/mol. The molecule has 0 aromatic heterocycles. The molecule has 13 heavy (non-hydrogen) atoms. The lowest BCUT2D eigenvalue weighted by Gasteiger charge is -2.10. The first-order valence-corrected chi connectivity index (χ1v) is 3.91. The van der Waals surface area contributed by atoms with E-state index < -0.39 is 12.0 Å². The minimum Gasteiger partial charge on any atom is -0.481 e. The van der Waals surface area contributed by atoms with Crippen molar-refractivity contribution in [1.82, 2.24) is 0 Å². The minimum absolute atomic E-state index is 0.498. The van der Waals surface area contributed by atoms with E-state index in [0.717, 1.165) is 0 Å². The van der Waals surface area contributed by atoms with Crippen LogP contribution in [-0.4, -0.2) is 12.0 Å². The Bertz CT molecular complexity index is 312. The number of anilines is 1. The molecular formula is C9H12N2O2. The van der Waals surface area contributed by atoms with Crippen molar-refractivity contribution >= 4 is 11.6 Å². The molecule has 0 bridgehead atoms. The lowest BCUT2D eigenvalue weighted by Crippen LogP contribution is -2.30. The summed E-state index contributed by atoms with van der Waals surface area (Å²) in [5.41, 5.74) is 11.1. The topological polar surface area (TPSA) is 78.3 Å². The van der Waals surface area contributed by atoms with Crippen LogP contribution in [0, 0.1) is 0 Å². The quantitative estimate of drug-likeness (QED) is 0.665. The van der Waals surface area contributed by atoms with Gasteiger partial charge >= 0.3 is 0 Å². The number of nitrogens with two attached hydrogens (primary N) is 2. The number of amides is 1. The van der Waals surface area contributed by atoms with E-state index in [1.807, 2.05) is 0 Å². The summed E-state index contributed by atoms with van der Waals surface area (Å²) in [4.78, 5) is 10.7. The van der Waals surface area contributed by atoms with Gasteiger partial charge < -0.3 is 16.2 Å². The molecule has 0 radical (unpaired) electrons. The standard InChI is InChI=1S/C9H12N2O2/c1-6(9(11)12)13-8-4-2-3-7(10)5-8/h2-6H,10H2,1H3,(H2,11,12)/t6-/m0/s1. The lowest BCUT2D eigenvalue weighted by atomic mass is 10.3. The highest BCUT2D eigenvalue weighted by Crippen LogP contribution is 2.15. The number of benzene rings is 1. The van der Waals surface area contributed by atoms with Crippen molar-refractivity contribution in [3.63, 3.8) is 0 Å². The monoisotopic (exact) mass is 180 g/mol. The summed E-state index contributed by atoms with van der Waals surface area (Å²) in [5.74, 6) is 0.0497. The molecule has 4 nitrogen and oxygen atoms in total. The lowest BCUT2D eigenvalue weighted by molar-refractivity contribution is -0.123. The van der Waals surface area contributed by atoms with Crippen LogP contribution in [-0.2, 0) is 4.79 Å². The third kappa shape index (κ3) is 2.66. The number of primary amides is 1. The van der Waals surface area contributed by atoms with Crippen LogP contribution in [0.15, 0.2) is 24.3 Å². The van der Waals surface area contributed by atoms with Crippen molar-refractivity contribution in [2.45, 2.75) is 13.0 Å². The molecule has 0 spiro atoms. The number of carbonyl (C=O) groups is 1. The number of hydrogen-bond donors (Lipinski definition) is 2. The van der Waals surface area contributed by atoms with Gasteiger partial charge in [-0.2, -0.15) is 0 Å². The van der Waals surface area contributed by atoms with Gasteiger partial charge in [0.2, 0.25) is 0 Å². The Balaban J connectivity index is 2.69. The van der Waals surface area contributed by atoms with Gasteiger partial charge in [0.15, 0.2) is 6.10 Å². The SMILES string of the molecule is C[C@H](Oc1cccc(N)c1)C(N)=O. The first-order chi connectivity index (χ1) is 6.09. The summed E-state index contributed by atoms with van der Waals surface area (Å²) in [6.07, 6.45) is -0.637. The number of nitrogen functional groups attached to an aromatic ring is 1. The molecule has 1 rings (SSSR count). The molecule has 0 saturated heterocycles. The van der Waals surface area contributed by atoms with Crippen LogP contribution in [0.5, 0.6) is 5.75 Å². The van der Waals surface area contributed by atoms with Gasteiger partial charge in [-0.15, -0.1) is 0 Å². The highest BCUT2D eigenvalue weighted by Gasteiger charge is 2.09. The number of carbonyl (C=O) groups excluding carboxylic acids is 1. The van der Waals surface area contributed by atoms with Gasteiger partial charge in [0.25, 0.3) is 5.91 Å². The highest BCUT2D eigenvalue weighted by atomic mass is 16.5. The first kappa shape index (κ1) is 9.38. The molecule has 0 unspecified atom stereocenters. The smallest absolute Gasteiger partial charge is 0.258 e. The van der Waals surface area contributed by atoms with Crippen LogP contribution in [0.1, 0.15) is 6.92 Å². The fraction of sp³-hybridized carbons (Fsp3) is 0.222. The van der Waals surface area contributed by atoms with Crippen LogP contribution in [0.3, 0.4) is 0 Å². The fourth-order valence-electron chi connectivity index (χ4n) is 0.850. The normalized spacial score (nSPS) is 12.1. The van der Waals surface area contributed by atoms with Crippen molar-refractivity contribution in [2.24, 2.45) is 5.73 Å². The predicted molar refractivity (Wildman–Crippen MR) is 50.1 cm³/mol. The summed E-state index contributed by atoms with van der Waals surface area (Å²) >= 11 is 0. The Morgan fingerprint density at radius 2 is 2.23 bits per heavy atom. The van der Waals surface area contributed by atoms with Gasteiger partial charge in [-0.05, 0) is 19.1 Å². The summed E-state index contributed by atoms with van der Waals surface area (Å²) in [7, 11) is 0. The van der Waals surface area contributed by atoms with Crippen molar-refractivity contribution in [3.8, 4) is 5.75 Å². The molecule has 1 aromatic carbocycles. The van der Waals surface area contributed by atoms with Gasteiger partial charge in [-0.1, -0.05) is 6.07 Å². The molecule has 1 atom stereocenters.